The number of benzene rings is 1. The van der Waals surface area contributed by atoms with E-state index in [1.807, 2.05) is 30.3 Å². The van der Waals surface area contributed by atoms with Gasteiger partial charge in [0.1, 0.15) is 5.82 Å². The topological polar surface area (TPSA) is 42.9 Å². The van der Waals surface area contributed by atoms with Crippen molar-refractivity contribution < 1.29 is 13.6 Å². The maximum Gasteiger partial charge on any atom is 0.248 e. The average Bonchev–Trinajstić information content (AvgIpc) is 2.64. The van der Waals surface area contributed by atoms with Crippen molar-refractivity contribution in [2.75, 3.05) is 0 Å². The summed E-state index contributed by atoms with van der Waals surface area (Å²) in [5.41, 5.74) is 1.18. The lowest BCUT2D eigenvalue weighted by molar-refractivity contribution is -0.0523. The highest BCUT2D eigenvalue weighted by Gasteiger charge is 2.44. The highest BCUT2D eigenvalue weighted by Crippen LogP contribution is 2.46. The smallest absolute Gasteiger partial charge is 0.248 e. The van der Waals surface area contributed by atoms with E-state index in [4.69, 9.17) is 0 Å². The minimum Gasteiger partial charge on any atom is -0.294 e. The fraction of sp³-hybridized carbons (Fsp3) is 0.450. The van der Waals surface area contributed by atoms with E-state index in [2.05, 4.69) is 9.97 Å². The Labute approximate surface area is 146 Å². The summed E-state index contributed by atoms with van der Waals surface area (Å²) in [5.74, 6) is -1.99. The van der Waals surface area contributed by atoms with Gasteiger partial charge in [-0.1, -0.05) is 37.3 Å². The van der Waals surface area contributed by atoms with E-state index in [1.165, 1.54) is 0 Å². The molecule has 0 spiro atoms. The number of hydrogen-bond donors (Lipinski definition) is 0. The lowest BCUT2D eigenvalue weighted by Gasteiger charge is -2.40. The molecule has 1 aliphatic carbocycles. The quantitative estimate of drug-likeness (QED) is 0.735. The Bertz CT molecular complexity index is 719. The van der Waals surface area contributed by atoms with Crippen LogP contribution in [0, 0.1) is 0 Å². The van der Waals surface area contributed by atoms with Gasteiger partial charge in [-0.2, -0.15) is 0 Å². The summed E-state index contributed by atoms with van der Waals surface area (Å²) >= 11 is 0. The first-order chi connectivity index (χ1) is 11.9. The van der Waals surface area contributed by atoms with E-state index in [1.54, 1.807) is 19.3 Å². The van der Waals surface area contributed by atoms with E-state index in [0.29, 0.717) is 37.1 Å². The van der Waals surface area contributed by atoms with Crippen LogP contribution < -0.4 is 0 Å². The third kappa shape index (κ3) is 3.91. The number of nitrogens with zero attached hydrogens (tertiary/aromatic N) is 2. The molecule has 0 amide bonds. The van der Waals surface area contributed by atoms with Gasteiger partial charge in [0.25, 0.3) is 0 Å². The molecule has 1 aromatic heterocycles. The molecule has 1 heterocycles. The molecule has 5 heteroatoms. The third-order valence-electron chi connectivity index (χ3n) is 5.17. The average molecular weight is 344 g/mol. The Morgan fingerprint density at radius 3 is 2.20 bits per heavy atom. The number of carbonyl (C=O) groups excluding carboxylic acids is 1. The number of Topliss-reactive ketones (excluding diaryl/α,β-unsaturated/α-hetero) is 1. The SMILES string of the molecule is CCC(=O)c1cnc(CC2(c3ccccc3)CCC(F)(F)CC2)nc1. The van der Waals surface area contributed by atoms with Crippen molar-refractivity contribution in [2.45, 2.75) is 56.8 Å². The zero-order chi connectivity index (χ0) is 17.9. The zero-order valence-corrected chi connectivity index (χ0v) is 14.3. The molecule has 0 bridgehead atoms. The first-order valence-electron chi connectivity index (χ1n) is 8.72. The molecule has 0 atom stereocenters. The van der Waals surface area contributed by atoms with Crippen LogP contribution in [0.3, 0.4) is 0 Å². The largest absolute Gasteiger partial charge is 0.294 e. The molecule has 0 unspecified atom stereocenters. The van der Waals surface area contributed by atoms with E-state index < -0.39 is 5.92 Å². The second-order valence-corrected chi connectivity index (χ2v) is 6.84. The monoisotopic (exact) mass is 344 g/mol. The third-order valence-corrected chi connectivity index (χ3v) is 5.17. The second kappa shape index (κ2) is 6.98. The van der Waals surface area contributed by atoms with E-state index >= 15 is 0 Å². The van der Waals surface area contributed by atoms with Gasteiger partial charge in [-0.05, 0) is 18.4 Å². The van der Waals surface area contributed by atoms with E-state index in [0.717, 1.165) is 5.56 Å². The lowest BCUT2D eigenvalue weighted by atomic mass is 9.66. The normalized spacial score (nSPS) is 18.7. The summed E-state index contributed by atoms with van der Waals surface area (Å²) in [6, 6.07) is 9.80. The van der Waals surface area contributed by atoms with Crippen molar-refractivity contribution in [3.63, 3.8) is 0 Å². The lowest BCUT2D eigenvalue weighted by Crippen LogP contribution is -2.38. The van der Waals surface area contributed by atoms with Crippen LogP contribution in [0.25, 0.3) is 0 Å². The van der Waals surface area contributed by atoms with Gasteiger partial charge in [-0.25, -0.2) is 18.7 Å². The molecule has 3 rings (SSSR count). The predicted octanol–water partition coefficient (Wildman–Crippen LogP) is 4.76. The van der Waals surface area contributed by atoms with Gasteiger partial charge < -0.3 is 0 Å². The van der Waals surface area contributed by atoms with Crippen molar-refractivity contribution in [2.24, 2.45) is 0 Å². The van der Waals surface area contributed by atoms with Gasteiger partial charge >= 0.3 is 0 Å². The van der Waals surface area contributed by atoms with Crippen LogP contribution in [0.1, 0.15) is 60.8 Å². The first kappa shape index (κ1) is 17.6. The van der Waals surface area contributed by atoms with Gasteiger partial charge in [0.2, 0.25) is 5.92 Å². The van der Waals surface area contributed by atoms with E-state index in [9.17, 15) is 13.6 Å². The standard InChI is InChI=1S/C20H22F2N2O/c1-2-17(25)15-13-23-18(24-14-15)12-19(16-6-4-3-5-7-16)8-10-20(21,22)11-9-19/h3-7,13-14H,2,8-12H2,1H3. The number of carbonyl (C=O) groups is 1. The van der Waals surface area contributed by atoms with E-state index in [-0.39, 0.29) is 24.0 Å². The summed E-state index contributed by atoms with van der Waals surface area (Å²) in [6.45, 7) is 1.79. The van der Waals surface area contributed by atoms with Gasteiger partial charge in [-0.15, -0.1) is 0 Å². The number of aromatic nitrogens is 2. The van der Waals surface area contributed by atoms with Crippen LogP contribution in [0.2, 0.25) is 0 Å². The van der Waals surface area contributed by atoms with Gasteiger partial charge in [0, 0.05) is 43.5 Å². The number of halogens is 2. The summed E-state index contributed by atoms with van der Waals surface area (Å²) in [6.07, 6.45) is 4.59. The Kier molecular flexibility index (Phi) is 4.93. The number of alkyl halides is 2. The van der Waals surface area contributed by atoms with Gasteiger partial charge in [0.05, 0.1) is 5.56 Å². The highest BCUT2D eigenvalue weighted by atomic mass is 19.3. The molecule has 132 valence electrons. The molecule has 25 heavy (non-hydrogen) atoms. The predicted molar refractivity (Wildman–Crippen MR) is 91.9 cm³/mol. The molecule has 1 saturated carbocycles. The molecular weight excluding hydrogens is 322 g/mol. The Morgan fingerprint density at radius 2 is 1.64 bits per heavy atom. The van der Waals surface area contributed by atoms with Crippen molar-refractivity contribution in [1.82, 2.24) is 9.97 Å². The van der Waals surface area contributed by atoms with Gasteiger partial charge in [-0.3, -0.25) is 4.79 Å². The summed E-state index contributed by atoms with van der Waals surface area (Å²) in [4.78, 5) is 20.4. The molecule has 0 N–H and O–H groups in total. The Morgan fingerprint density at radius 1 is 1.04 bits per heavy atom. The molecule has 0 saturated heterocycles. The summed E-state index contributed by atoms with van der Waals surface area (Å²) < 4.78 is 27.4. The maximum atomic E-state index is 13.7. The molecule has 2 aromatic rings. The Hall–Kier alpha value is -2.17. The fourth-order valence-corrected chi connectivity index (χ4v) is 3.55. The van der Waals surface area contributed by atoms with Crippen molar-refractivity contribution >= 4 is 5.78 Å². The van der Waals surface area contributed by atoms with Crippen molar-refractivity contribution in [3.05, 3.63) is 59.7 Å². The fourth-order valence-electron chi connectivity index (χ4n) is 3.55. The number of ketones is 1. The van der Waals surface area contributed by atoms with Crippen LogP contribution in [0.4, 0.5) is 8.78 Å². The molecule has 1 fully saturated rings. The molecular formula is C20H22F2N2O. The van der Waals surface area contributed by atoms with Crippen LogP contribution in [0.15, 0.2) is 42.7 Å². The van der Waals surface area contributed by atoms with Gasteiger partial charge in [0.15, 0.2) is 5.78 Å². The first-order valence-corrected chi connectivity index (χ1v) is 8.72. The molecule has 0 aliphatic heterocycles. The molecule has 1 aliphatic rings. The van der Waals surface area contributed by atoms with Crippen molar-refractivity contribution in [1.29, 1.82) is 0 Å². The van der Waals surface area contributed by atoms with Crippen LogP contribution >= 0.6 is 0 Å². The zero-order valence-electron chi connectivity index (χ0n) is 14.3. The molecule has 0 radical (unpaired) electrons. The molecule has 1 aromatic carbocycles. The van der Waals surface area contributed by atoms with Crippen LogP contribution in [-0.2, 0) is 11.8 Å². The minimum absolute atomic E-state index is 0.00151. The minimum atomic E-state index is -2.59. The summed E-state index contributed by atoms with van der Waals surface area (Å²) in [7, 11) is 0. The van der Waals surface area contributed by atoms with Crippen molar-refractivity contribution in [3.8, 4) is 0 Å². The number of rotatable bonds is 5. The number of hydrogen-bond acceptors (Lipinski definition) is 3. The van der Waals surface area contributed by atoms with Crippen LogP contribution in [0.5, 0.6) is 0 Å². The Balaban J connectivity index is 1.87. The second-order valence-electron chi connectivity index (χ2n) is 6.84. The molecule has 3 nitrogen and oxygen atoms in total. The van der Waals surface area contributed by atoms with Crippen LogP contribution in [-0.4, -0.2) is 21.7 Å². The maximum absolute atomic E-state index is 13.7. The summed E-state index contributed by atoms with van der Waals surface area (Å²) in [5, 5.41) is 0. The highest BCUT2D eigenvalue weighted by molar-refractivity contribution is 5.95.